The van der Waals surface area contributed by atoms with E-state index in [4.69, 9.17) is 4.74 Å². The maximum Gasteiger partial charge on any atom is 0.339 e. The highest BCUT2D eigenvalue weighted by molar-refractivity contribution is 6.26. The fourth-order valence-corrected chi connectivity index (χ4v) is 3.41. The SMILES string of the molecule is COc1ccc(NC(=O)c2cccc3c2C(=O)c2ccccc2-3)cc1C(=O)O. The average Bonchev–Trinajstić information content (AvgIpc) is 3.01. The van der Waals surface area contributed by atoms with Gasteiger partial charge < -0.3 is 15.2 Å². The van der Waals surface area contributed by atoms with Crippen LogP contribution in [-0.2, 0) is 0 Å². The number of ketones is 1. The number of aromatic carboxylic acids is 1. The van der Waals surface area contributed by atoms with Gasteiger partial charge in [0.15, 0.2) is 5.78 Å². The number of hydrogen-bond acceptors (Lipinski definition) is 4. The predicted octanol–water partition coefficient (Wildman–Crippen LogP) is 3.86. The van der Waals surface area contributed by atoms with Gasteiger partial charge in [0.2, 0.25) is 0 Å². The Morgan fingerprint density at radius 3 is 2.32 bits per heavy atom. The molecule has 0 bridgehead atoms. The van der Waals surface area contributed by atoms with Crippen LogP contribution in [0.5, 0.6) is 5.75 Å². The number of carbonyl (C=O) groups is 3. The van der Waals surface area contributed by atoms with E-state index in [0.717, 1.165) is 5.56 Å². The smallest absolute Gasteiger partial charge is 0.339 e. The molecule has 0 spiro atoms. The average molecular weight is 373 g/mol. The monoisotopic (exact) mass is 373 g/mol. The number of fused-ring (bicyclic) bond motifs is 3. The quantitative estimate of drug-likeness (QED) is 0.567. The largest absolute Gasteiger partial charge is 0.496 e. The molecule has 3 aromatic carbocycles. The number of carboxylic acids is 1. The molecule has 6 heteroatoms. The molecule has 0 aliphatic heterocycles. The number of methoxy groups -OCH3 is 1. The molecule has 0 atom stereocenters. The van der Waals surface area contributed by atoms with Gasteiger partial charge in [0.25, 0.3) is 5.91 Å². The van der Waals surface area contributed by atoms with Crippen LogP contribution in [0.2, 0.25) is 0 Å². The van der Waals surface area contributed by atoms with E-state index in [-0.39, 0.29) is 22.7 Å². The van der Waals surface area contributed by atoms with Crippen LogP contribution in [0.1, 0.15) is 36.6 Å². The van der Waals surface area contributed by atoms with Gasteiger partial charge in [-0.3, -0.25) is 9.59 Å². The fourth-order valence-electron chi connectivity index (χ4n) is 3.41. The maximum absolute atomic E-state index is 12.9. The highest BCUT2D eigenvalue weighted by atomic mass is 16.5. The summed E-state index contributed by atoms with van der Waals surface area (Å²) in [6.07, 6.45) is 0. The van der Waals surface area contributed by atoms with Crippen molar-refractivity contribution in [2.24, 2.45) is 0 Å². The summed E-state index contributed by atoms with van der Waals surface area (Å²) in [6.45, 7) is 0. The second kappa shape index (κ2) is 6.66. The summed E-state index contributed by atoms with van der Waals surface area (Å²) in [5.74, 6) is -1.66. The first kappa shape index (κ1) is 17.5. The number of rotatable bonds is 4. The standard InChI is InChI=1S/C22H15NO5/c1-28-18-10-9-12(11-17(18)22(26)27)23-21(25)16-8-4-7-14-13-5-2-3-6-15(13)20(24)19(14)16/h2-11H,1H3,(H,23,25)(H,26,27). The molecule has 2 N–H and O–H groups in total. The molecule has 0 unspecified atom stereocenters. The molecule has 28 heavy (non-hydrogen) atoms. The number of carbonyl (C=O) groups excluding carboxylic acids is 2. The number of ether oxygens (including phenoxy) is 1. The van der Waals surface area contributed by atoms with Crippen LogP contribution < -0.4 is 10.1 Å². The Bertz CT molecular complexity index is 1150. The lowest BCUT2D eigenvalue weighted by molar-refractivity contribution is 0.0692. The van der Waals surface area contributed by atoms with Crippen molar-refractivity contribution in [1.82, 2.24) is 0 Å². The van der Waals surface area contributed by atoms with Gasteiger partial charge in [-0.2, -0.15) is 0 Å². The third-order valence-electron chi connectivity index (χ3n) is 4.69. The molecule has 0 fully saturated rings. The van der Waals surface area contributed by atoms with Crippen molar-refractivity contribution in [1.29, 1.82) is 0 Å². The van der Waals surface area contributed by atoms with Gasteiger partial charge >= 0.3 is 5.97 Å². The van der Waals surface area contributed by atoms with Gasteiger partial charge in [-0.05, 0) is 35.4 Å². The highest BCUT2D eigenvalue weighted by Crippen LogP contribution is 2.38. The third kappa shape index (κ3) is 2.72. The molecule has 6 nitrogen and oxygen atoms in total. The second-order valence-corrected chi connectivity index (χ2v) is 6.28. The maximum atomic E-state index is 12.9. The normalized spacial score (nSPS) is 11.5. The van der Waals surface area contributed by atoms with Crippen LogP contribution in [0.4, 0.5) is 5.69 Å². The van der Waals surface area contributed by atoms with Crippen molar-refractivity contribution >= 4 is 23.3 Å². The van der Waals surface area contributed by atoms with Crippen LogP contribution in [0.25, 0.3) is 11.1 Å². The van der Waals surface area contributed by atoms with Gasteiger partial charge in [0.05, 0.1) is 12.7 Å². The molecule has 0 radical (unpaired) electrons. The molecule has 0 saturated heterocycles. The molecule has 1 amide bonds. The number of carboxylic acid groups (broad SMARTS) is 1. The van der Waals surface area contributed by atoms with Crippen molar-refractivity contribution in [2.45, 2.75) is 0 Å². The molecule has 138 valence electrons. The third-order valence-corrected chi connectivity index (χ3v) is 4.69. The molecule has 4 rings (SSSR count). The van der Waals surface area contributed by atoms with E-state index in [1.165, 1.54) is 19.2 Å². The van der Waals surface area contributed by atoms with Crippen molar-refractivity contribution in [3.8, 4) is 16.9 Å². The Labute approximate surface area is 160 Å². The zero-order valence-corrected chi connectivity index (χ0v) is 14.9. The predicted molar refractivity (Wildman–Crippen MR) is 103 cm³/mol. The van der Waals surface area contributed by atoms with Crippen molar-refractivity contribution in [2.75, 3.05) is 12.4 Å². The summed E-state index contributed by atoms with van der Waals surface area (Å²) in [7, 11) is 1.37. The summed E-state index contributed by atoms with van der Waals surface area (Å²) >= 11 is 0. The Balaban J connectivity index is 1.71. The zero-order chi connectivity index (χ0) is 19.8. The lowest BCUT2D eigenvalue weighted by Crippen LogP contribution is -2.16. The number of amides is 1. The van der Waals surface area contributed by atoms with Crippen molar-refractivity contribution in [3.63, 3.8) is 0 Å². The van der Waals surface area contributed by atoms with E-state index in [9.17, 15) is 19.5 Å². The van der Waals surface area contributed by atoms with E-state index >= 15 is 0 Å². The van der Waals surface area contributed by atoms with E-state index in [0.29, 0.717) is 22.4 Å². The van der Waals surface area contributed by atoms with Crippen LogP contribution in [-0.4, -0.2) is 29.9 Å². The van der Waals surface area contributed by atoms with E-state index in [1.54, 1.807) is 30.3 Å². The van der Waals surface area contributed by atoms with Crippen molar-refractivity contribution in [3.05, 3.63) is 82.9 Å². The molecule has 3 aromatic rings. The molecular formula is C22H15NO5. The van der Waals surface area contributed by atoms with Gasteiger partial charge in [-0.15, -0.1) is 0 Å². The summed E-state index contributed by atoms with van der Waals surface area (Å²) < 4.78 is 5.02. The van der Waals surface area contributed by atoms with Crippen LogP contribution in [0.3, 0.4) is 0 Å². The minimum atomic E-state index is -1.17. The number of benzene rings is 3. The Morgan fingerprint density at radius 1 is 0.893 bits per heavy atom. The summed E-state index contributed by atoms with van der Waals surface area (Å²) in [5.41, 5.74) is 2.91. The number of hydrogen-bond donors (Lipinski definition) is 2. The van der Waals surface area contributed by atoms with Gasteiger partial charge in [0.1, 0.15) is 11.3 Å². The van der Waals surface area contributed by atoms with Gasteiger partial charge in [-0.1, -0.05) is 36.4 Å². The van der Waals surface area contributed by atoms with Crippen molar-refractivity contribution < 1.29 is 24.2 Å². The lowest BCUT2D eigenvalue weighted by atomic mass is 10.00. The lowest BCUT2D eigenvalue weighted by Gasteiger charge is -2.11. The summed E-state index contributed by atoms with van der Waals surface area (Å²) in [4.78, 5) is 37.1. The topological polar surface area (TPSA) is 92.7 Å². The fraction of sp³-hybridized carbons (Fsp3) is 0.0455. The van der Waals surface area contributed by atoms with E-state index in [1.807, 2.05) is 18.2 Å². The molecular weight excluding hydrogens is 358 g/mol. The van der Waals surface area contributed by atoms with E-state index in [2.05, 4.69) is 5.32 Å². The first-order valence-electron chi connectivity index (χ1n) is 8.51. The molecule has 1 aliphatic carbocycles. The molecule has 0 saturated carbocycles. The van der Waals surface area contributed by atoms with Crippen LogP contribution in [0.15, 0.2) is 60.7 Å². The molecule has 0 heterocycles. The minimum absolute atomic E-state index is 0.0675. The van der Waals surface area contributed by atoms with E-state index < -0.39 is 11.9 Å². The summed E-state index contributed by atoms with van der Waals surface area (Å²) in [6, 6.07) is 16.7. The van der Waals surface area contributed by atoms with Crippen LogP contribution >= 0.6 is 0 Å². The zero-order valence-electron chi connectivity index (χ0n) is 14.9. The Kier molecular flexibility index (Phi) is 4.16. The second-order valence-electron chi connectivity index (χ2n) is 6.28. The Morgan fingerprint density at radius 2 is 1.61 bits per heavy atom. The summed E-state index contributed by atoms with van der Waals surface area (Å²) in [5, 5.41) is 12.0. The Hall–Kier alpha value is -3.93. The minimum Gasteiger partial charge on any atom is -0.496 e. The molecule has 0 aromatic heterocycles. The first-order chi connectivity index (χ1) is 13.5. The van der Waals surface area contributed by atoms with Crippen LogP contribution in [0, 0.1) is 0 Å². The molecule has 1 aliphatic rings. The van der Waals surface area contributed by atoms with Gasteiger partial charge in [-0.25, -0.2) is 4.79 Å². The number of anilines is 1. The van der Waals surface area contributed by atoms with Gasteiger partial charge in [0, 0.05) is 16.8 Å². The first-order valence-corrected chi connectivity index (χ1v) is 8.51. The highest BCUT2D eigenvalue weighted by Gasteiger charge is 2.30. The number of nitrogens with one attached hydrogen (secondary N) is 1.